The number of hydrogen-bond donors (Lipinski definition) is 2. The molecule has 0 saturated carbocycles. The van der Waals surface area contributed by atoms with E-state index in [0.717, 1.165) is 35.6 Å². The van der Waals surface area contributed by atoms with Crippen molar-refractivity contribution >= 4 is 44.3 Å². The second-order valence-corrected chi connectivity index (χ2v) is 18.2. The summed E-state index contributed by atoms with van der Waals surface area (Å²) < 4.78 is 0. The lowest BCUT2D eigenvalue weighted by molar-refractivity contribution is 0.607. The molecule has 2 N–H and O–H groups in total. The quantitative estimate of drug-likeness (QED) is 0.0705. The molecule has 2 heteroatoms. The van der Waals surface area contributed by atoms with E-state index in [-0.39, 0.29) is 0 Å². The van der Waals surface area contributed by atoms with Gasteiger partial charge in [-0.05, 0) is 177 Å². The molecule has 0 aliphatic carbocycles. The van der Waals surface area contributed by atoms with E-state index < -0.39 is 0 Å². The number of hydrogen-bond acceptors (Lipinski definition) is 2. The Kier molecular flexibility index (Phi) is 15.3. The molecule has 2 nitrogen and oxygen atoms in total. The van der Waals surface area contributed by atoms with Gasteiger partial charge in [-0.25, -0.2) is 0 Å². The molecule has 8 rings (SSSR count). The van der Waals surface area contributed by atoms with Gasteiger partial charge in [0, 0.05) is 22.7 Å². The molecule has 0 aliphatic rings. The molecule has 0 atom stereocenters. The first-order valence-electron chi connectivity index (χ1n) is 24.5. The van der Waals surface area contributed by atoms with Crippen LogP contribution in [0.3, 0.4) is 0 Å². The van der Waals surface area contributed by atoms with Crippen LogP contribution in [0, 0.1) is 13.8 Å². The van der Waals surface area contributed by atoms with Crippen molar-refractivity contribution in [1.29, 1.82) is 0 Å². The van der Waals surface area contributed by atoms with E-state index in [9.17, 15) is 0 Å². The summed E-state index contributed by atoms with van der Waals surface area (Å²) in [5.41, 5.74) is 17.4. The highest BCUT2D eigenvalue weighted by atomic mass is 14.9. The predicted octanol–water partition coefficient (Wildman–Crippen LogP) is 18.9. The molecule has 0 heterocycles. The number of aryl methyl sites for hydroxylation is 4. The van der Waals surface area contributed by atoms with Crippen LogP contribution in [-0.2, 0) is 12.8 Å². The molecule has 0 amide bonds. The second kappa shape index (κ2) is 22.0. The van der Waals surface area contributed by atoms with Crippen molar-refractivity contribution in [3.63, 3.8) is 0 Å². The molecule has 0 fully saturated rings. The molecule has 0 unspecified atom stereocenters. The van der Waals surface area contributed by atoms with E-state index in [1.165, 1.54) is 154 Å². The maximum atomic E-state index is 3.63. The molecular weight excluding hydrogens is 773 g/mol. The van der Waals surface area contributed by atoms with Crippen LogP contribution >= 0.6 is 0 Å². The zero-order valence-corrected chi connectivity index (χ0v) is 38.9. The van der Waals surface area contributed by atoms with E-state index in [2.05, 4.69) is 196 Å². The third-order valence-corrected chi connectivity index (χ3v) is 13.3. The third kappa shape index (κ3) is 11.3. The standard InChI is InChI=1S/C62H68N2/c1-5-7-9-11-13-15-17-47-21-35-55(36-22-47)63-57-39-31-49(32-40-57)53-29-27-51-25-19-45(3)61(59(51)43-53)62-46(4)20-26-52-28-30-54(44-60(52)62)50-33-41-58(42-34-50)64-56-37-23-48(24-38-56)18-16-14-12-10-8-6-2/h19-44,63-64H,5-18H2,1-4H3. The molecule has 0 radical (unpaired) electrons. The van der Waals surface area contributed by atoms with Crippen molar-refractivity contribution in [2.24, 2.45) is 0 Å². The van der Waals surface area contributed by atoms with Crippen molar-refractivity contribution < 1.29 is 0 Å². The maximum absolute atomic E-state index is 3.63. The van der Waals surface area contributed by atoms with Gasteiger partial charge >= 0.3 is 0 Å². The van der Waals surface area contributed by atoms with Crippen LogP contribution in [-0.4, -0.2) is 0 Å². The van der Waals surface area contributed by atoms with Gasteiger partial charge in [-0.2, -0.15) is 0 Å². The zero-order valence-electron chi connectivity index (χ0n) is 38.9. The number of anilines is 4. The lowest BCUT2D eigenvalue weighted by Crippen LogP contribution is -1.93. The van der Waals surface area contributed by atoms with Crippen LogP contribution in [0.25, 0.3) is 54.9 Å². The minimum absolute atomic E-state index is 1.10. The van der Waals surface area contributed by atoms with Crippen molar-refractivity contribution in [3.8, 4) is 33.4 Å². The molecule has 64 heavy (non-hydrogen) atoms. The first kappa shape index (κ1) is 44.5. The minimum Gasteiger partial charge on any atom is -0.356 e. The molecule has 0 bridgehead atoms. The maximum Gasteiger partial charge on any atom is 0.0384 e. The van der Waals surface area contributed by atoms with Gasteiger partial charge in [-0.1, -0.05) is 175 Å². The molecule has 0 spiro atoms. The Labute approximate surface area is 384 Å². The van der Waals surface area contributed by atoms with E-state index in [1.54, 1.807) is 0 Å². The molecule has 0 aliphatic heterocycles. The lowest BCUT2D eigenvalue weighted by Gasteiger charge is -2.18. The fourth-order valence-corrected chi connectivity index (χ4v) is 9.43. The molecule has 8 aromatic carbocycles. The molecular formula is C62H68N2. The first-order chi connectivity index (χ1) is 31.4. The highest BCUT2D eigenvalue weighted by molar-refractivity contribution is 6.09. The predicted molar refractivity (Wildman–Crippen MR) is 281 cm³/mol. The number of unbranched alkanes of at least 4 members (excludes halogenated alkanes) is 10. The highest BCUT2D eigenvalue weighted by Gasteiger charge is 2.16. The largest absolute Gasteiger partial charge is 0.356 e. The number of nitrogens with one attached hydrogen (secondary N) is 2. The summed E-state index contributed by atoms with van der Waals surface area (Å²) in [7, 11) is 0. The Balaban J connectivity index is 0.979. The van der Waals surface area contributed by atoms with Crippen LogP contribution in [0.5, 0.6) is 0 Å². The van der Waals surface area contributed by atoms with Gasteiger partial charge in [0.15, 0.2) is 0 Å². The smallest absolute Gasteiger partial charge is 0.0384 e. The zero-order chi connectivity index (χ0) is 44.1. The van der Waals surface area contributed by atoms with Gasteiger partial charge in [0.1, 0.15) is 0 Å². The molecule has 326 valence electrons. The number of benzene rings is 8. The van der Waals surface area contributed by atoms with Gasteiger partial charge in [0.05, 0.1) is 0 Å². The SMILES string of the molecule is CCCCCCCCc1ccc(Nc2ccc(-c3ccc4ccc(C)c(-c5c(C)ccc6ccc(-c7ccc(Nc8ccc(CCCCCCCC)cc8)cc7)cc56)c4c3)cc2)cc1. The van der Waals surface area contributed by atoms with Crippen LogP contribution in [0.15, 0.2) is 158 Å². The Morgan fingerprint density at radius 3 is 1.00 bits per heavy atom. The van der Waals surface area contributed by atoms with Crippen molar-refractivity contribution in [3.05, 3.63) is 180 Å². The first-order valence-corrected chi connectivity index (χ1v) is 24.5. The van der Waals surface area contributed by atoms with E-state index in [0.29, 0.717) is 0 Å². The van der Waals surface area contributed by atoms with Gasteiger partial charge in [0.2, 0.25) is 0 Å². The average Bonchev–Trinajstić information content (AvgIpc) is 3.33. The third-order valence-electron chi connectivity index (χ3n) is 13.3. The van der Waals surface area contributed by atoms with Gasteiger partial charge in [0.25, 0.3) is 0 Å². The second-order valence-electron chi connectivity index (χ2n) is 18.2. The Bertz CT molecular complexity index is 2530. The summed E-state index contributed by atoms with van der Waals surface area (Å²) in [6.45, 7) is 9.09. The van der Waals surface area contributed by atoms with Gasteiger partial charge in [-0.3, -0.25) is 0 Å². The summed E-state index contributed by atoms with van der Waals surface area (Å²) in [5.74, 6) is 0. The molecule has 0 aromatic heterocycles. The minimum atomic E-state index is 1.10. The van der Waals surface area contributed by atoms with Crippen LogP contribution < -0.4 is 10.6 Å². The average molecular weight is 841 g/mol. The molecule has 8 aromatic rings. The van der Waals surface area contributed by atoms with Gasteiger partial charge in [-0.15, -0.1) is 0 Å². The monoisotopic (exact) mass is 841 g/mol. The van der Waals surface area contributed by atoms with Crippen molar-refractivity contribution in [1.82, 2.24) is 0 Å². The molecule has 0 saturated heterocycles. The van der Waals surface area contributed by atoms with Crippen molar-refractivity contribution in [2.75, 3.05) is 10.6 Å². The Hall–Kier alpha value is -6.12. The number of fused-ring (bicyclic) bond motifs is 2. The normalized spacial score (nSPS) is 11.4. The fourth-order valence-electron chi connectivity index (χ4n) is 9.43. The topological polar surface area (TPSA) is 24.1 Å². The van der Waals surface area contributed by atoms with Crippen LogP contribution in [0.1, 0.15) is 113 Å². The van der Waals surface area contributed by atoms with Gasteiger partial charge < -0.3 is 10.6 Å². The van der Waals surface area contributed by atoms with Crippen molar-refractivity contribution in [2.45, 2.75) is 118 Å². The van der Waals surface area contributed by atoms with E-state index in [4.69, 9.17) is 0 Å². The summed E-state index contributed by atoms with van der Waals surface area (Å²) in [5, 5.41) is 12.3. The lowest BCUT2D eigenvalue weighted by atomic mass is 9.86. The number of rotatable bonds is 21. The highest BCUT2D eigenvalue weighted by Crippen LogP contribution is 2.41. The van der Waals surface area contributed by atoms with Crippen LogP contribution in [0.4, 0.5) is 22.7 Å². The summed E-state index contributed by atoms with van der Waals surface area (Å²) in [6, 6.07) is 58.8. The summed E-state index contributed by atoms with van der Waals surface area (Å²) in [4.78, 5) is 0. The fraction of sp³-hybridized carbons (Fsp3) is 0.290. The van der Waals surface area contributed by atoms with E-state index in [1.807, 2.05) is 0 Å². The summed E-state index contributed by atoms with van der Waals surface area (Å²) >= 11 is 0. The summed E-state index contributed by atoms with van der Waals surface area (Å²) in [6.07, 6.45) is 18.4. The Morgan fingerprint density at radius 2 is 0.625 bits per heavy atom. The Morgan fingerprint density at radius 1 is 0.312 bits per heavy atom. The van der Waals surface area contributed by atoms with Crippen LogP contribution in [0.2, 0.25) is 0 Å². The van der Waals surface area contributed by atoms with E-state index >= 15 is 0 Å².